The minimum Gasteiger partial charge on any atom is -0.507 e. The van der Waals surface area contributed by atoms with Crippen LogP contribution in [0.1, 0.15) is 68.3 Å². The SMILES string of the molecule is CCCCCOc1ccc([C@@H]2/C(=C(\O)c3ccc4c(c3)C[C@H](C)O4)C(=O)C(=O)N2c2nnc(SCc3ccc(Cl)cc3Cl)s2)cc1OCC. The molecule has 256 valence electrons. The molecular weight excluding hydrogens is 705 g/mol. The van der Waals surface area contributed by atoms with Gasteiger partial charge in [0.05, 0.1) is 24.8 Å². The lowest BCUT2D eigenvalue weighted by Crippen LogP contribution is -2.29. The van der Waals surface area contributed by atoms with Gasteiger partial charge in [-0.1, -0.05) is 78.2 Å². The van der Waals surface area contributed by atoms with Crippen molar-refractivity contribution in [3.63, 3.8) is 0 Å². The molecule has 0 saturated carbocycles. The fourth-order valence-electron chi connectivity index (χ4n) is 5.82. The van der Waals surface area contributed by atoms with E-state index in [1.165, 1.54) is 28.0 Å². The zero-order chi connectivity index (χ0) is 34.7. The zero-order valence-corrected chi connectivity index (χ0v) is 30.3. The van der Waals surface area contributed by atoms with Gasteiger partial charge in [0.1, 0.15) is 17.6 Å². The normalized spacial score (nSPS) is 18.1. The van der Waals surface area contributed by atoms with Gasteiger partial charge in [-0.3, -0.25) is 14.5 Å². The van der Waals surface area contributed by atoms with E-state index in [0.717, 1.165) is 36.1 Å². The second kappa shape index (κ2) is 15.4. The third kappa shape index (κ3) is 7.55. The number of aliphatic hydroxyl groups excluding tert-OH is 1. The second-order valence-corrected chi connectivity index (χ2v) is 14.7. The number of fused-ring (bicyclic) bond motifs is 1. The maximum atomic E-state index is 13.9. The molecule has 3 heterocycles. The number of anilines is 1. The first kappa shape index (κ1) is 35.1. The Bertz CT molecular complexity index is 1920. The van der Waals surface area contributed by atoms with Crippen LogP contribution >= 0.6 is 46.3 Å². The number of halogens is 2. The number of Topliss-reactive ketones (excluding diaryl/α,β-unsaturated/α-hetero) is 1. The van der Waals surface area contributed by atoms with Crippen molar-refractivity contribution in [2.75, 3.05) is 18.1 Å². The summed E-state index contributed by atoms with van der Waals surface area (Å²) < 4.78 is 18.4. The number of aromatic nitrogens is 2. The number of hydrogen-bond acceptors (Lipinski definition) is 10. The number of benzene rings is 3. The summed E-state index contributed by atoms with van der Waals surface area (Å²) in [5.74, 6) is 0.309. The largest absolute Gasteiger partial charge is 0.507 e. The summed E-state index contributed by atoms with van der Waals surface area (Å²) in [5.41, 5.74) is 2.67. The highest BCUT2D eigenvalue weighted by Gasteiger charge is 2.48. The average molecular weight is 741 g/mol. The van der Waals surface area contributed by atoms with Crippen LogP contribution in [0.25, 0.3) is 5.76 Å². The molecule has 0 unspecified atom stereocenters. The minimum absolute atomic E-state index is 0.00199. The van der Waals surface area contributed by atoms with Crippen LogP contribution in [-0.4, -0.2) is 46.3 Å². The van der Waals surface area contributed by atoms with Crippen molar-refractivity contribution in [2.45, 2.75) is 68.7 Å². The van der Waals surface area contributed by atoms with E-state index in [9.17, 15) is 14.7 Å². The van der Waals surface area contributed by atoms with E-state index < -0.39 is 17.7 Å². The fourth-order valence-corrected chi connectivity index (χ4v) is 8.25. The molecule has 1 N–H and O–H groups in total. The van der Waals surface area contributed by atoms with Crippen molar-refractivity contribution in [1.82, 2.24) is 10.2 Å². The lowest BCUT2D eigenvalue weighted by atomic mass is 9.94. The Labute approximate surface area is 303 Å². The number of thioether (sulfide) groups is 1. The predicted molar refractivity (Wildman–Crippen MR) is 194 cm³/mol. The molecule has 2 aliphatic rings. The van der Waals surface area contributed by atoms with E-state index in [1.807, 2.05) is 19.9 Å². The Morgan fingerprint density at radius 3 is 2.65 bits per heavy atom. The monoisotopic (exact) mass is 739 g/mol. The summed E-state index contributed by atoms with van der Waals surface area (Å²) in [6.07, 6.45) is 3.67. The van der Waals surface area contributed by atoms with Crippen LogP contribution in [0.15, 0.2) is 64.5 Å². The number of ketones is 1. The van der Waals surface area contributed by atoms with Crippen molar-refractivity contribution in [2.24, 2.45) is 0 Å². The molecule has 0 spiro atoms. The quantitative estimate of drug-likeness (QED) is 0.0359. The number of carbonyl (C=O) groups excluding carboxylic acids is 2. The van der Waals surface area contributed by atoms with Gasteiger partial charge in [-0.2, -0.15) is 0 Å². The van der Waals surface area contributed by atoms with E-state index >= 15 is 0 Å². The highest BCUT2D eigenvalue weighted by Crippen LogP contribution is 2.46. The highest BCUT2D eigenvalue weighted by atomic mass is 35.5. The van der Waals surface area contributed by atoms with Gasteiger partial charge in [-0.25, -0.2) is 0 Å². The van der Waals surface area contributed by atoms with E-state index in [-0.39, 0.29) is 22.6 Å². The average Bonchev–Trinajstić information content (AvgIpc) is 3.77. The number of carbonyl (C=O) groups is 2. The molecule has 1 amide bonds. The van der Waals surface area contributed by atoms with E-state index in [4.69, 9.17) is 37.4 Å². The first-order valence-electron chi connectivity index (χ1n) is 16.1. The second-order valence-electron chi connectivity index (χ2n) is 11.7. The highest BCUT2D eigenvalue weighted by molar-refractivity contribution is 8.00. The molecule has 3 aromatic carbocycles. The summed E-state index contributed by atoms with van der Waals surface area (Å²) in [4.78, 5) is 29.0. The van der Waals surface area contributed by atoms with Crippen LogP contribution in [0.4, 0.5) is 5.13 Å². The van der Waals surface area contributed by atoms with Crippen molar-refractivity contribution >= 4 is 68.9 Å². The molecule has 6 rings (SSSR count). The first-order valence-corrected chi connectivity index (χ1v) is 18.6. The van der Waals surface area contributed by atoms with Gasteiger partial charge in [0.2, 0.25) is 5.13 Å². The van der Waals surface area contributed by atoms with Gasteiger partial charge >= 0.3 is 5.91 Å². The zero-order valence-electron chi connectivity index (χ0n) is 27.2. The first-order chi connectivity index (χ1) is 23.7. The van der Waals surface area contributed by atoms with E-state index in [0.29, 0.717) is 62.4 Å². The standard InChI is InChI=1S/C36H35Cl2N3O6S2/c1-4-6-7-14-46-28-13-9-21(17-29(28)45-5-2)31-30(32(42)22-10-12-27-24(16-22)15-20(3)47-27)33(43)34(44)41(31)35-39-40-36(49-35)48-19-23-8-11-25(37)18-26(23)38/h8-13,16-18,20,31,42H,4-7,14-15,19H2,1-3H3/b32-30+/t20-,31+/m0/s1. The number of amides is 1. The number of rotatable bonds is 13. The van der Waals surface area contributed by atoms with Crippen LogP contribution < -0.4 is 19.1 Å². The molecule has 2 atom stereocenters. The van der Waals surface area contributed by atoms with Crippen LogP contribution in [0.3, 0.4) is 0 Å². The number of unbranched alkanes of at least 4 members (excludes halogenated alkanes) is 2. The van der Waals surface area contributed by atoms with Crippen molar-refractivity contribution in [3.8, 4) is 17.2 Å². The molecule has 0 aliphatic carbocycles. The molecule has 1 fully saturated rings. The number of nitrogens with zero attached hydrogens (tertiary/aromatic N) is 3. The molecule has 0 radical (unpaired) electrons. The molecule has 4 aromatic rings. The molecule has 0 bridgehead atoms. The Morgan fingerprint density at radius 2 is 1.88 bits per heavy atom. The maximum absolute atomic E-state index is 13.9. The van der Waals surface area contributed by atoms with Gasteiger partial charge in [0, 0.05) is 27.8 Å². The lowest BCUT2D eigenvalue weighted by Gasteiger charge is -2.23. The van der Waals surface area contributed by atoms with Crippen molar-refractivity contribution < 1.29 is 28.9 Å². The predicted octanol–water partition coefficient (Wildman–Crippen LogP) is 9.05. The molecule has 13 heteroatoms. The van der Waals surface area contributed by atoms with Gasteiger partial charge in [-0.15, -0.1) is 10.2 Å². The maximum Gasteiger partial charge on any atom is 0.301 e. The molecule has 1 saturated heterocycles. The Balaban J connectivity index is 1.40. The minimum atomic E-state index is -1.02. The van der Waals surface area contributed by atoms with Gasteiger partial charge in [-0.05, 0) is 79.4 Å². The summed E-state index contributed by atoms with van der Waals surface area (Å²) in [7, 11) is 0. The number of aliphatic hydroxyl groups is 1. The number of ether oxygens (including phenoxy) is 3. The third-order valence-electron chi connectivity index (χ3n) is 8.17. The molecule has 1 aromatic heterocycles. The van der Waals surface area contributed by atoms with Gasteiger partial charge in [0.25, 0.3) is 5.78 Å². The topological polar surface area (TPSA) is 111 Å². The van der Waals surface area contributed by atoms with Crippen molar-refractivity contribution in [3.05, 3.63) is 92.5 Å². The fraction of sp³-hybridized carbons (Fsp3) is 0.333. The third-order valence-corrected chi connectivity index (χ3v) is 10.9. The van der Waals surface area contributed by atoms with Crippen molar-refractivity contribution in [1.29, 1.82) is 0 Å². The lowest BCUT2D eigenvalue weighted by molar-refractivity contribution is -0.132. The molecule has 9 nitrogen and oxygen atoms in total. The van der Waals surface area contributed by atoms with Crippen LogP contribution in [0.2, 0.25) is 10.0 Å². The summed E-state index contributed by atoms with van der Waals surface area (Å²) in [5, 5.41) is 21.7. The Kier molecular flexibility index (Phi) is 11.0. The van der Waals surface area contributed by atoms with E-state index in [2.05, 4.69) is 17.1 Å². The summed E-state index contributed by atoms with van der Waals surface area (Å²) >= 11 is 15.0. The summed E-state index contributed by atoms with van der Waals surface area (Å²) in [6.45, 7) is 6.87. The van der Waals surface area contributed by atoms with Crippen LogP contribution in [-0.2, 0) is 21.8 Å². The van der Waals surface area contributed by atoms with Gasteiger partial charge in [0.15, 0.2) is 15.8 Å². The van der Waals surface area contributed by atoms with Crippen LogP contribution in [0.5, 0.6) is 17.2 Å². The molecular formula is C36H35Cl2N3O6S2. The summed E-state index contributed by atoms with van der Waals surface area (Å²) in [6, 6.07) is 14.9. The molecule has 2 aliphatic heterocycles. The Morgan fingerprint density at radius 1 is 1.04 bits per heavy atom. The number of hydrogen-bond donors (Lipinski definition) is 1. The molecule has 49 heavy (non-hydrogen) atoms. The van der Waals surface area contributed by atoms with Crippen LogP contribution in [0, 0.1) is 0 Å². The smallest absolute Gasteiger partial charge is 0.301 e. The Hall–Kier alpha value is -3.77. The van der Waals surface area contributed by atoms with E-state index in [1.54, 1.807) is 48.5 Å². The van der Waals surface area contributed by atoms with Gasteiger partial charge < -0.3 is 19.3 Å².